The number of aryl methyl sites for hydroxylation is 1. The van der Waals surface area contributed by atoms with E-state index in [1.807, 2.05) is 17.8 Å². The predicted octanol–water partition coefficient (Wildman–Crippen LogP) is -0.641. The Labute approximate surface area is 89.7 Å². The lowest BCUT2D eigenvalue weighted by molar-refractivity contribution is 0.106. The number of aliphatic hydroxyl groups is 1. The van der Waals surface area contributed by atoms with E-state index in [9.17, 15) is 5.11 Å². The van der Waals surface area contributed by atoms with Crippen molar-refractivity contribution in [3.05, 3.63) is 18.2 Å². The summed E-state index contributed by atoms with van der Waals surface area (Å²) >= 11 is 0. The number of nitrogens with one attached hydrogen (secondary N) is 1. The molecule has 84 valence electrons. The molecule has 5 heteroatoms. The quantitative estimate of drug-likeness (QED) is 0.697. The number of hydrogen-bond acceptors (Lipinski definition) is 4. The van der Waals surface area contributed by atoms with Gasteiger partial charge in [-0.05, 0) is 0 Å². The summed E-state index contributed by atoms with van der Waals surface area (Å²) in [5.74, 6) is 0. The standard InChI is InChI=1S/C10H18N4O/c1-13-8-12-6-9(13)10(7-15)14-4-2-11-3-5-14/h6,8,10-11,15H,2-5,7H2,1H3. The van der Waals surface area contributed by atoms with Crippen molar-refractivity contribution in [3.63, 3.8) is 0 Å². The Kier molecular flexibility index (Phi) is 3.35. The Morgan fingerprint density at radius 3 is 2.80 bits per heavy atom. The third kappa shape index (κ3) is 2.19. The average Bonchev–Trinajstić information content (AvgIpc) is 2.68. The molecule has 0 radical (unpaired) electrons. The van der Waals surface area contributed by atoms with Crippen LogP contribution in [0.4, 0.5) is 0 Å². The van der Waals surface area contributed by atoms with Gasteiger partial charge in [0.2, 0.25) is 0 Å². The van der Waals surface area contributed by atoms with Crippen LogP contribution in [0.3, 0.4) is 0 Å². The molecule has 1 aromatic rings. The molecule has 1 atom stereocenters. The van der Waals surface area contributed by atoms with Gasteiger partial charge in [0.25, 0.3) is 0 Å². The van der Waals surface area contributed by atoms with E-state index >= 15 is 0 Å². The largest absolute Gasteiger partial charge is 0.394 e. The van der Waals surface area contributed by atoms with Crippen LogP contribution in [0.2, 0.25) is 0 Å². The Morgan fingerprint density at radius 1 is 1.53 bits per heavy atom. The van der Waals surface area contributed by atoms with Crippen LogP contribution in [0.15, 0.2) is 12.5 Å². The normalized spacial score (nSPS) is 20.4. The molecule has 1 saturated heterocycles. The number of aromatic nitrogens is 2. The van der Waals surface area contributed by atoms with E-state index in [2.05, 4.69) is 15.2 Å². The van der Waals surface area contributed by atoms with Crippen molar-refractivity contribution in [1.29, 1.82) is 0 Å². The highest BCUT2D eigenvalue weighted by atomic mass is 16.3. The molecule has 1 aliphatic heterocycles. The van der Waals surface area contributed by atoms with Gasteiger partial charge >= 0.3 is 0 Å². The molecule has 5 nitrogen and oxygen atoms in total. The van der Waals surface area contributed by atoms with Crippen LogP contribution in [0.25, 0.3) is 0 Å². The summed E-state index contributed by atoms with van der Waals surface area (Å²) in [6, 6.07) is 0.0830. The third-order valence-corrected chi connectivity index (χ3v) is 2.96. The first kappa shape index (κ1) is 10.6. The molecule has 15 heavy (non-hydrogen) atoms. The molecule has 0 aliphatic carbocycles. The molecule has 2 rings (SSSR count). The molecule has 1 unspecified atom stereocenters. The fraction of sp³-hybridized carbons (Fsp3) is 0.700. The van der Waals surface area contributed by atoms with E-state index in [0.29, 0.717) is 0 Å². The number of rotatable bonds is 3. The number of hydrogen-bond donors (Lipinski definition) is 2. The highest BCUT2D eigenvalue weighted by Gasteiger charge is 2.23. The lowest BCUT2D eigenvalue weighted by Crippen LogP contribution is -2.46. The first-order valence-electron chi connectivity index (χ1n) is 5.35. The molecule has 0 aromatic carbocycles. The Hall–Kier alpha value is -0.910. The van der Waals surface area contributed by atoms with Gasteiger partial charge in [0, 0.05) is 39.4 Å². The number of nitrogens with zero attached hydrogens (tertiary/aromatic N) is 3. The number of aliphatic hydroxyl groups excluding tert-OH is 1. The summed E-state index contributed by atoms with van der Waals surface area (Å²) < 4.78 is 1.98. The van der Waals surface area contributed by atoms with E-state index in [1.165, 1.54) is 0 Å². The van der Waals surface area contributed by atoms with Gasteiger partial charge in [0.15, 0.2) is 0 Å². The lowest BCUT2D eigenvalue weighted by Gasteiger charge is -2.33. The molecule has 0 bridgehead atoms. The van der Waals surface area contributed by atoms with Gasteiger partial charge in [-0.25, -0.2) is 4.98 Å². The second kappa shape index (κ2) is 4.74. The van der Waals surface area contributed by atoms with Gasteiger partial charge in [-0.3, -0.25) is 4.90 Å². The molecule has 0 saturated carbocycles. The molecule has 1 aliphatic rings. The van der Waals surface area contributed by atoms with Crippen molar-refractivity contribution in [3.8, 4) is 0 Å². The van der Waals surface area contributed by atoms with Gasteiger partial charge in [0.1, 0.15) is 0 Å². The van der Waals surface area contributed by atoms with E-state index in [1.54, 1.807) is 6.33 Å². The average molecular weight is 210 g/mol. The fourth-order valence-corrected chi connectivity index (χ4v) is 2.08. The molecule has 0 amide bonds. The zero-order valence-electron chi connectivity index (χ0n) is 9.06. The monoisotopic (exact) mass is 210 g/mol. The molecular weight excluding hydrogens is 192 g/mol. The van der Waals surface area contributed by atoms with Crippen molar-refractivity contribution in [2.75, 3.05) is 32.8 Å². The zero-order valence-corrected chi connectivity index (χ0v) is 9.06. The third-order valence-electron chi connectivity index (χ3n) is 2.96. The summed E-state index contributed by atoms with van der Waals surface area (Å²) in [6.45, 7) is 4.11. The van der Waals surface area contributed by atoms with Crippen molar-refractivity contribution in [2.24, 2.45) is 7.05 Å². The topological polar surface area (TPSA) is 53.3 Å². The number of piperazine rings is 1. The highest BCUT2D eigenvalue weighted by molar-refractivity contribution is 5.05. The Morgan fingerprint density at radius 2 is 2.27 bits per heavy atom. The Bertz CT molecular complexity index is 306. The van der Waals surface area contributed by atoms with E-state index in [-0.39, 0.29) is 12.6 Å². The minimum atomic E-state index is 0.0830. The minimum Gasteiger partial charge on any atom is -0.394 e. The van der Waals surface area contributed by atoms with Crippen LogP contribution in [-0.2, 0) is 7.05 Å². The van der Waals surface area contributed by atoms with Crippen molar-refractivity contribution in [2.45, 2.75) is 6.04 Å². The second-order valence-electron chi connectivity index (χ2n) is 3.91. The maximum absolute atomic E-state index is 9.47. The SMILES string of the molecule is Cn1cncc1C(CO)N1CCNCC1. The van der Waals surface area contributed by atoms with E-state index < -0.39 is 0 Å². The van der Waals surface area contributed by atoms with Gasteiger partial charge in [-0.2, -0.15) is 0 Å². The first-order chi connectivity index (χ1) is 7.33. The second-order valence-corrected chi connectivity index (χ2v) is 3.91. The smallest absolute Gasteiger partial charge is 0.0946 e. The zero-order chi connectivity index (χ0) is 10.7. The maximum atomic E-state index is 9.47. The highest BCUT2D eigenvalue weighted by Crippen LogP contribution is 2.19. The molecule has 2 heterocycles. The van der Waals surface area contributed by atoms with Gasteiger partial charge < -0.3 is 15.0 Å². The van der Waals surface area contributed by atoms with Crippen LogP contribution in [0.1, 0.15) is 11.7 Å². The molecule has 1 aromatic heterocycles. The lowest BCUT2D eigenvalue weighted by atomic mass is 10.1. The number of imidazole rings is 1. The van der Waals surface area contributed by atoms with Crippen LogP contribution in [0.5, 0.6) is 0 Å². The maximum Gasteiger partial charge on any atom is 0.0946 e. The van der Waals surface area contributed by atoms with Crippen LogP contribution < -0.4 is 5.32 Å². The van der Waals surface area contributed by atoms with Gasteiger partial charge in [-0.15, -0.1) is 0 Å². The molecule has 2 N–H and O–H groups in total. The van der Waals surface area contributed by atoms with E-state index in [0.717, 1.165) is 31.9 Å². The summed E-state index contributed by atoms with van der Waals surface area (Å²) in [5.41, 5.74) is 1.08. The van der Waals surface area contributed by atoms with E-state index in [4.69, 9.17) is 0 Å². The summed E-state index contributed by atoms with van der Waals surface area (Å²) in [5, 5.41) is 12.8. The van der Waals surface area contributed by atoms with Gasteiger partial charge in [-0.1, -0.05) is 0 Å². The van der Waals surface area contributed by atoms with Crippen LogP contribution in [-0.4, -0.2) is 52.3 Å². The Balaban J connectivity index is 2.12. The summed E-state index contributed by atoms with van der Waals surface area (Å²) in [4.78, 5) is 6.39. The van der Waals surface area contributed by atoms with Crippen LogP contribution in [0, 0.1) is 0 Å². The molecule has 1 fully saturated rings. The molecular formula is C10H18N4O. The van der Waals surface area contributed by atoms with Crippen molar-refractivity contribution in [1.82, 2.24) is 19.8 Å². The van der Waals surface area contributed by atoms with Crippen LogP contribution >= 0.6 is 0 Å². The van der Waals surface area contributed by atoms with Gasteiger partial charge in [0.05, 0.1) is 24.7 Å². The summed E-state index contributed by atoms with van der Waals surface area (Å²) in [7, 11) is 1.97. The van der Waals surface area contributed by atoms with Crippen molar-refractivity contribution < 1.29 is 5.11 Å². The molecule has 0 spiro atoms. The fourth-order valence-electron chi connectivity index (χ4n) is 2.08. The predicted molar refractivity (Wildman–Crippen MR) is 57.5 cm³/mol. The minimum absolute atomic E-state index is 0.0830. The first-order valence-corrected chi connectivity index (χ1v) is 5.35. The van der Waals surface area contributed by atoms with Crippen molar-refractivity contribution >= 4 is 0 Å². The summed E-state index contributed by atoms with van der Waals surface area (Å²) in [6.07, 6.45) is 3.61.